The molecule has 6 heteroatoms. The number of rotatable bonds is 8. The lowest BCUT2D eigenvalue weighted by Gasteiger charge is -2.19. The number of benzene rings is 1. The summed E-state index contributed by atoms with van der Waals surface area (Å²) in [6.07, 6.45) is 0. The Hall–Kier alpha value is -1.46. The van der Waals surface area contributed by atoms with E-state index in [0.717, 1.165) is 19.6 Å². The molecule has 0 radical (unpaired) electrons. The molecule has 1 aromatic carbocycles. The fourth-order valence-electron chi connectivity index (χ4n) is 1.87. The number of nitrogen functional groups attached to an aromatic ring is 1. The zero-order chi connectivity index (χ0) is 15.0. The van der Waals surface area contributed by atoms with E-state index in [1.165, 1.54) is 7.11 Å². The molecule has 1 aromatic rings. The van der Waals surface area contributed by atoms with Crippen molar-refractivity contribution in [2.75, 3.05) is 44.9 Å². The maximum Gasteiger partial charge on any atom is 0.255 e. The van der Waals surface area contributed by atoms with Crippen LogP contribution in [0.3, 0.4) is 0 Å². The second-order valence-electron chi connectivity index (χ2n) is 4.34. The van der Waals surface area contributed by atoms with Crippen molar-refractivity contribution in [2.24, 2.45) is 0 Å². The summed E-state index contributed by atoms with van der Waals surface area (Å²) in [6.45, 7) is 5.13. The molecule has 0 saturated heterocycles. The third-order valence-electron chi connectivity index (χ3n) is 3.03. The Bertz CT molecular complexity index is 440. The smallest absolute Gasteiger partial charge is 0.255 e. The third-order valence-corrected chi connectivity index (χ3v) is 3.20. The molecular formula is C14H22ClN3O2. The minimum atomic E-state index is -0.163. The molecule has 0 bridgehead atoms. The van der Waals surface area contributed by atoms with Gasteiger partial charge in [-0.3, -0.25) is 4.79 Å². The van der Waals surface area contributed by atoms with E-state index >= 15 is 0 Å². The molecule has 1 rings (SSSR count). The van der Waals surface area contributed by atoms with E-state index in [4.69, 9.17) is 22.1 Å². The summed E-state index contributed by atoms with van der Waals surface area (Å²) in [6, 6.07) is 4.99. The van der Waals surface area contributed by atoms with Crippen LogP contribution < -0.4 is 15.8 Å². The van der Waals surface area contributed by atoms with E-state index in [9.17, 15) is 4.79 Å². The SMILES string of the molecule is CCN(CCCl)CCNC(=O)c1ccc(N)cc1OC. The van der Waals surface area contributed by atoms with Gasteiger partial charge in [-0.1, -0.05) is 6.92 Å². The number of hydrogen-bond acceptors (Lipinski definition) is 4. The van der Waals surface area contributed by atoms with Gasteiger partial charge in [-0.25, -0.2) is 0 Å². The van der Waals surface area contributed by atoms with Crippen LogP contribution in [0.15, 0.2) is 18.2 Å². The van der Waals surface area contributed by atoms with Gasteiger partial charge >= 0.3 is 0 Å². The predicted molar refractivity (Wildman–Crippen MR) is 82.6 cm³/mol. The lowest BCUT2D eigenvalue weighted by atomic mass is 10.1. The fraction of sp³-hybridized carbons (Fsp3) is 0.500. The van der Waals surface area contributed by atoms with Crippen molar-refractivity contribution in [1.29, 1.82) is 0 Å². The van der Waals surface area contributed by atoms with Gasteiger partial charge < -0.3 is 20.7 Å². The van der Waals surface area contributed by atoms with Crippen molar-refractivity contribution >= 4 is 23.2 Å². The molecule has 0 fully saturated rings. The molecule has 0 saturated carbocycles. The molecule has 3 N–H and O–H groups in total. The highest BCUT2D eigenvalue weighted by Crippen LogP contribution is 2.21. The molecule has 20 heavy (non-hydrogen) atoms. The van der Waals surface area contributed by atoms with E-state index in [1.807, 2.05) is 0 Å². The minimum Gasteiger partial charge on any atom is -0.496 e. The molecule has 112 valence electrons. The molecule has 1 amide bonds. The zero-order valence-corrected chi connectivity index (χ0v) is 12.7. The average molecular weight is 300 g/mol. The summed E-state index contributed by atoms with van der Waals surface area (Å²) in [5.74, 6) is 0.910. The number of carbonyl (C=O) groups excluding carboxylic acids is 1. The molecular weight excluding hydrogens is 278 g/mol. The Morgan fingerprint density at radius 3 is 2.80 bits per heavy atom. The van der Waals surface area contributed by atoms with Crippen molar-refractivity contribution in [3.8, 4) is 5.75 Å². The summed E-state index contributed by atoms with van der Waals surface area (Å²) in [7, 11) is 1.52. The number of hydrogen-bond donors (Lipinski definition) is 2. The Kier molecular flexibility index (Phi) is 7.18. The number of methoxy groups -OCH3 is 1. The van der Waals surface area contributed by atoms with E-state index in [-0.39, 0.29) is 5.91 Å². The Morgan fingerprint density at radius 2 is 2.20 bits per heavy atom. The van der Waals surface area contributed by atoms with Crippen LogP contribution in [-0.2, 0) is 0 Å². The summed E-state index contributed by atoms with van der Waals surface area (Å²) < 4.78 is 5.17. The largest absolute Gasteiger partial charge is 0.496 e. The van der Waals surface area contributed by atoms with Crippen molar-refractivity contribution in [2.45, 2.75) is 6.92 Å². The van der Waals surface area contributed by atoms with Crippen molar-refractivity contribution < 1.29 is 9.53 Å². The monoisotopic (exact) mass is 299 g/mol. The number of nitrogens with one attached hydrogen (secondary N) is 1. The van der Waals surface area contributed by atoms with Crippen LogP contribution in [0.1, 0.15) is 17.3 Å². The number of halogens is 1. The van der Waals surface area contributed by atoms with Crippen LogP contribution in [0.5, 0.6) is 5.75 Å². The molecule has 0 aliphatic rings. The normalized spacial score (nSPS) is 10.6. The first-order valence-corrected chi connectivity index (χ1v) is 7.15. The van der Waals surface area contributed by atoms with Gasteiger partial charge in [0.05, 0.1) is 12.7 Å². The summed E-state index contributed by atoms with van der Waals surface area (Å²) >= 11 is 5.71. The van der Waals surface area contributed by atoms with Gasteiger partial charge in [-0.2, -0.15) is 0 Å². The summed E-state index contributed by atoms with van der Waals surface area (Å²) in [5.41, 5.74) is 6.72. The van der Waals surface area contributed by atoms with Crippen molar-refractivity contribution in [3.63, 3.8) is 0 Å². The molecule has 0 aliphatic heterocycles. The Labute approximate surface area is 125 Å². The number of nitrogens with zero attached hydrogens (tertiary/aromatic N) is 1. The molecule has 0 unspecified atom stereocenters. The van der Waals surface area contributed by atoms with Gasteiger partial charge in [-0.15, -0.1) is 11.6 Å². The fourth-order valence-corrected chi connectivity index (χ4v) is 2.10. The van der Waals surface area contributed by atoms with E-state index in [2.05, 4.69) is 17.1 Å². The first-order chi connectivity index (χ1) is 9.62. The summed E-state index contributed by atoms with van der Waals surface area (Å²) in [4.78, 5) is 14.3. The van der Waals surface area contributed by atoms with Gasteiger partial charge in [0.15, 0.2) is 0 Å². The van der Waals surface area contributed by atoms with Crippen molar-refractivity contribution in [1.82, 2.24) is 10.2 Å². The van der Waals surface area contributed by atoms with Crippen LogP contribution >= 0.6 is 11.6 Å². The highest BCUT2D eigenvalue weighted by molar-refractivity contribution is 6.18. The highest BCUT2D eigenvalue weighted by Gasteiger charge is 2.12. The molecule has 0 atom stereocenters. The van der Waals surface area contributed by atoms with Gasteiger partial charge in [0.25, 0.3) is 5.91 Å². The molecule has 5 nitrogen and oxygen atoms in total. The van der Waals surface area contributed by atoms with Crippen LogP contribution in [0.25, 0.3) is 0 Å². The second-order valence-corrected chi connectivity index (χ2v) is 4.72. The van der Waals surface area contributed by atoms with Gasteiger partial charge in [0.1, 0.15) is 5.75 Å². The van der Waals surface area contributed by atoms with E-state index < -0.39 is 0 Å². The average Bonchev–Trinajstić information content (AvgIpc) is 2.45. The number of likely N-dealkylation sites (N-methyl/N-ethyl adjacent to an activating group) is 1. The second kappa shape index (κ2) is 8.66. The van der Waals surface area contributed by atoms with Gasteiger partial charge in [0, 0.05) is 37.3 Å². The number of amides is 1. The maximum absolute atomic E-state index is 12.1. The van der Waals surface area contributed by atoms with E-state index in [1.54, 1.807) is 18.2 Å². The van der Waals surface area contributed by atoms with Gasteiger partial charge in [0.2, 0.25) is 0 Å². The lowest BCUT2D eigenvalue weighted by molar-refractivity contribution is 0.0946. The lowest BCUT2D eigenvalue weighted by Crippen LogP contribution is -2.36. The number of alkyl halides is 1. The Balaban J connectivity index is 2.54. The number of carbonyl (C=O) groups is 1. The Morgan fingerprint density at radius 1 is 1.45 bits per heavy atom. The van der Waals surface area contributed by atoms with Crippen molar-refractivity contribution in [3.05, 3.63) is 23.8 Å². The zero-order valence-electron chi connectivity index (χ0n) is 12.0. The molecule has 0 aliphatic carbocycles. The number of anilines is 1. The van der Waals surface area contributed by atoms with E-state index in [0.29, 0.717) is 29.4 Å². The maximum atomic E-state index is 12.1. The number of nitrogens with two attached hydrogens (primary N) is 1. The van der Waals surface area contributed by atoms with Crippen LogP contribution in [0, 0.1) is 0 Å². The van der Waals surface area contributed by atoms with Crippen LogP contribution in [0.2, 0.25) is 0 Å². The molecule has 0 heterocycles. The van der Waals surface area contributed by atoms with Crippen LogP contribution in [-0.4, -0.2) is 50.0 Å². The quantitative estimate of drug-likeness (QED) is 0.565. The topological polar surface area (TPSA) is 67.6 Å². The van der Waals surface area contributed by atoms with Crippen LogP contribution in [0.4, 0.5) is 5.69 Å². The molecule has 0 spiro atoms. The van der Waals surface area contributed by atoms with Gasteiger partial charge in [-0.05, 0) is 18.7 Å². The summed E-state index contributed by atoms with van der Waals surface area (Å²) in [5, 5.41) is 2.87. The minimum absolute atomic E-state index is 0.163. The molecule has 0 aromatic heterocycles. The highest BCUT2D eigenvalue weighted by atomic mass is 35.5. The predicted octanol–water partition coefficient (Wildman–Crippen LogP) is 1.57. The standard InChI is InChI=1S/C14H22ClN3O2/c1-3-18(8-6-15)9-7-17-14(19)12-5-4-11(16)10-13(12)20-2/h4-5,10H,3,6-9,16H2,1-2H3,(H,17,19). The third kappa shape index (κ3) is 4.90. The number of ether oxygens (including phenoxy) is 1. The first-order valence-electron chi connectivity index (χ1n) is 6.62. The first kappa shape index (κ1) is 16.6.